The van der Waals surface area contributed by atoms with Crippen LogP contribution in [0, 0.1) is 0 Å². The van der Waals surface area contributed by atoms with Gasteiger partial charge in [-0.1, -0.05) is 25.1 Å². The topological polar surface area (TPSA) is 66.9 Å². The lowest BCUT2D eigenvalue weighted by atomic mass is 10.1. The van der Waals surface area contributed by atoms with E-state index in [2.05, 4.69) is 20.6 Å². The van der Waals surface area contributed by atoms with Gasteiger partial charge >= 0.3 is 6.18 Å². The predicted octanol–water partition coefficient (Wildman–Crippen LogP) is 5.05. The van der Waals surface area contributed by atoms with E-state index in [-0.39, 0.29) is 17.3 Å². The molecular formula is C20H17F3N4O. The van der Waals surface area contributed by atoms with Crippen LogP contribution in [0.3, 0.4) is 0 Å². The van der Waals surface area contributed by atoms with Crippen LogP contribution in [0.5, 0.6) is 0 Å². The number of halogens is 3. The molecule has 3 aromatic rings. The molecule has 2 N–H and O–H groups in total. The molecule has 0 aliphatic rings. The van der Waals surface area contributed by atoms with Crippen molar-refractivity contribution in [1.82, 2.24) is 9.97 Å². The van der Waals surface area contributed by atoms with E-state index in [1.807, 2.05) is 19.1 Å². The van der Waals surface area contributed by atoms with Gasteiger partial charge < -0.3 is 10.6 Å². The van der Waals surface area contributed by atoms with Crippen LogP contribution >= 0.6 is 0 Å². The largest absolute Gasteiger partial charge is 0.416 e. The Kier molecular flexibility index (Phi) is 5.58. The highest BCUT2D eigenvalue weighted by Gasteiger charge is 2.30. The first-order chi connectivity index (χ1) is 13.3. The van der Waals surface area contributed by atoms with Gasteiger partial charge in [-0.25, -0.2) is 9.97 Å². The molecule has 3 rings (SSSR count). The van der Waals surface area contributed by atoms with Gasteiger partial charge in [0.25, 0.3) is 5.91 Å². The molecule has 5 nitrogen and oxygen atoms in total. The number of nitrogens with zero attached hydrogens (tertiary/aromatic N) is 2. The van der Waals surface area contributed by atoms with Gasteiger partial charge in [0.15, 0.2) is 0 Å². The third kappa shape index (κ3) is 4.85. The van der Waals surface area contributed by atoms with Gasteiger partial charge in [0, 0.05) is 17.6 Å². The average Bonchev–Trinajstić information content (AvgIpc) is 2.68. The molecule has 0 saturated heterocycles. The van der Waals surface area contributed by atoms with E-state index >= 15 is 0 Å². The Labute approximate surface area is 159 Å². The minimum absolute atomic E-state index is 0.0216. The summed E-state index contributed by atoms with van der Waals surface area (Å²) in [5.41, 5.74) is 1.23. The van der Waals surface area contributed by atoms with Crippen LogP contribution < -0.4 is 10.6 Å². The summed E-state index contributed by atoms with van der Waals surface area (Å²) in [5.74, 6) is -0.424. The van der Waals surface area contributed by atoms with E-state index in [9.17, 15) is 18.0 Å². The van der Waals surface area contributed by atoms with Gasteiger partial charge in [-0.2, -0.15) is 13.2 Å². The van der Waals surface area contributed by atoms with Crippen molar-refractivity contribution in [2.75, 3.05) is 10.6 Å². The second-order valence-corrected chi connectivity index (χ2v) is 5.97. The van der Waals surface area contributed by atoms with Crippen molar-refractivity contribution in [3.05, 3.63) is 77.6 Å². The number of alkyl halides is 3. The number of rotatable bonds is 5. The molecule has 0 radical (unpaired) electrons. The SMILES string of the molecule is CCc1ccc(NC(=O)c2ccnc(Nc3cccc(C(F)(F)F)c3)n2)cc1. The Morgan fingerprint density at radius 3 is 2.46 bits per heavy atom. The average molecular weight is 386 g/mol. The Morgan fingerprint density at radius 1 is 1.04 bits per heavy atom. The Morgan fingerprint density at radius 2 is 1.79 bits per heavy atom. The second kappa shape index (κ2) is 8.08. The molecule has 0 fully saturated rings. The number of hydrogen-bond donors (Lipinski definition) is 2. The third-order valence-corrected chi connectivity index (χ3v) is 3.95. The van der Waals surface area contributed by atoms with E-state index in [0.717, 1.165) is 24.1 Å². The third-order valence-electron chi connectivity index (χ3n) is 3.95. The Balaban J connectivity index is 1.74. The lowest BCUT2D eigenvalue weighted by Crippen LogP contribution is -2.14. The van der Waals surface area contributed by atoms with E-state index in [1.54, 1.807) is 12.1 Å². The van der Waals surface area contributed by atoms with E-state index in [0.29, 0.717) is 5.69 Å². The van der Waals surface area contributed by atoms with Gasteiger partial charge in [0.2, 0.25) is 5.95 Å². The normalized spacial score (nSPS) is 11.1. The summed E-state index contributed by atoms with van der Waals surface area (Å²) in [5, 5.41) is 5.41. The predicted molar refractivity (Wildman–Crippen MR) is 101 cm³/mol. The zero-order chi connectivity index (χ0) is 20.1. The van der Waals surface area contributed by atoms with Crippen molar-refractivity contribution >= 4 is 23.2 Å². The van der Waals surface area contributed by atoms with Crippen LogP contribution in [0.15, 0.2) is 60.8 Å². The molecule has 1 amide bonds. The molecule has 8 heteroatoms. The zero-order valence-corrected chi connectivity index (χ0v) is 14.9. The molecule has 0 saturated carbocycles. The summed E-state index contributed by atoms with van der Waals surface area (Å²) in [6.45, 7) is 2.04. The molecule has 0 bridgehead atoms. The smallest absolute Gasteiger partial charge is 0.324 e. The van der Waals surface area contributed by atoms with Crippen LogP contribution in [0.25, 0.3) is 0 Å². The Bertz CT molecular complexity index is 972. The molecule has 2 aromatic carbocycles. The first-order valence-corrected chi connectivity index (χ1v) is 8.53. The Hall–Kier alpha value is -3.42. The summed E-state index contributed by atoms with van der Waals surface area (Å²) in [6, 6.07) is 13.5. The van der Waals surface area contributed by atoms with Crippen LogP contribution in [0.4, 0.5) is 30.5 Å². The molecule has 0 aliphatic heterocycles. The molecule has 0 atom stereocenters. The van der Waals surface area contributed by atoms with Gasteiger partial charge in [-0.3, -0.25) is 4.79 Å². The first kappa shape index (κ1) is 19.3. The number of aromatic nitrogens is 2. The highest BCUT2D eigenvalue weighted by molar-refractivity contribution is 6.03. The van der Waals surface area contributed by atoms with Crippen molar-refractivity contribution in [2.24, 2.45) is 0 Å². The molecule has 0 spiro atoms. The standard InChI is InChI=1S/C20H17F3N4O/c1-2-13-6-8-15(9-7-13)25-18(28)17-10-11-24-19(27-17)26-16-5-3-4-14(12-16)20(21,22)23/h3-12H,2H2,1H3,(H,25,28)(H,24,26,27). The number of nitrogens with one attached hydrogen (secondary N) is 2. The van der Waals surface area contributed by atoms with Crippen molar-refractivity contribution in [3.63, 3.8) is 0 Å². The number of carbonyl (C=O) groups is 1. The highest BCUT2D eigenvalue weighted by atomic mass is 19.4. The minimum Gasteiger partial charge on any atom is -0.324 e. The molecule has 28 heavy (non-hydrogen) atoms. The number of anilines is 3. The van der Waals surface area contributed by atoms with Crippen LogP contribution in [0.1, 0.15) is 28.5 Å². The van der Waals surface area contributed by atoms with Crippen molar-refractivity contribution < 1.29 is 18.0 Å². The van der Waals surface area contributed by atoms with Crippen LogP contribution in [-0.4, -0.2) is 15.9 Å². The van der Waals surface area contributed by atoms with Crippen LogP contribution in [0.2, 0.25) is 0 Å². The zero-order valence-electron chi connectivity index (χ0n) is 14.9. The molecule has 144 valence electrons. The molecule has 0 unspecified atom stereocenters. The maximum atomic E-state index is 12.8. The van der Waals surface area contributed by atoms with Crippen molar-refractivity contribution in [2.45, 2.75) is 19.5 Å². The minimum atomic E-state index is -4.45. The lowest BCUT2D eigenvalue weighted by molar-refractivity contribution is -0.137. The van der Waals surface area contributed by atoms with Crippen LogP contribution in [-0.2, 0) is 12.6 Å². The monoisotopic (exact) mass is 386 g/mol. The van der Waals surface area contributed by atoms with Gasteiger partial charge in [0.05, 0.1) is 5.56 Å². The van der Waals surface area contributed by atoms with Crippen molar-refractivity contribution in [3.8, 4) is 0 Å². The second-order valence-electron chi connectivity index (χ2n) is 5.97. The number of aryl methyl sites for hydroxylation is 1. The number of carbonyl (C=O) groups excluding carboxylic acids is 1. The summed E-state index contributed by atoms with van der Waals surface area (Å²) in [4.78, 5) is 20.4. The van der Waals surface area contributed by atoms with Gasteiger partial charge in [-0.05, 0) is 48.4 Å². The molecule has 1 aromatic heterocycles. The van der Waals surface area contributed by atoms with Gasteiger partial charge in [0.1, 0.15) is 5.69 Å². The first-order valence-electron chi connectivity index (χ1n) is 8.53. The summed E-state index contributed by atoms with van der Waals surface area (Å²) in [6.07, 6.45) is -2.20. The number of hydrogen-bond acceptors (Lipinski definition) is 4. The van der Waals surface area contributed by atoms with Crippen molar-refractivity contribution in [1.29, 1.82) is 0 Å². The lowest BCUT2D eigenvalue weighted by Gasteiger charge is -2.10. The molecular weight excluding hydrogens is 369 g/mol. The summed E-state index contributed by atoms with van der Waals surface area (Å²) in [7, 11) is 0. The van der Waals surface area contributed by atoms with E-state index in [4.69, 9.17) is 0 Å². The molecule has 1 heterocycles. The maximum Gasteiger partial charge on any atom is 0.416 e. The number of benzene rings is 2. The maximum absolute atomic E-state index is 12.8. The fraction of sp³-hybridized carbons (Fsp3) is 0.150. The van der Waals surface area contributed by atoms with E-state index < -0.39 is 17.6 Å². The quantitative estimate of drug-likeness (QED) is 0.644. The number of amides is 1. The van der Waals surface area contributed by atoms with Gasteiger partial charge in [-0.15, -0.1) is 0 Å². The highest BCUT2D eigenvalue weighted by Crippen LogP contribution is 2.31. The molecule has 0 aliphatic carbocycles. The summed E-state index contributed by atoms with van der Waals surface area (Å²) >= 11 is 0. The fourth-order valence-corrected chi connectivity index (χ4v) is 2.47. The van der Waals surface area contributed by atoms with E-state index in [1.165, 1.54) is 24.4 Å². The summed E-state index contributed by atoms with van der Waals surface area (Å²) < 4.78 is 38.5. The fourth-order valence-electron chi connectivity index (χ4n) is 2.47.